The van der Waals surface area contributed by atoms with E-state index in [0.717, 1.165) is 17.0 Å². The van der Waals surface area contributed by atoms with E-state index in [1.54, 1.807) is 0 Å². The van der Waals surface area contributed by atoms with Crippen LogP contribution in [0.1, 0.15) is 6.92 Å². The van der Waals surface area contributed by atoms with Crippen molar-refractivity contribution in [2.24, 2.45) is 0 Å². The number of nitrogens with one attached hydrogen (secondary N) is 2. The van der Waals surface area contributed by atoms with E-state index < -0.39 is 23.8 Å². The largest absolute Gasteiger partial charge is 0.442 e. The minimum atomic E-state index is -0.800. The number of benzene rings is 1. The number of halogens is 2. The maximum absolute atomic E-state index is 14.4. The monoisotopic (exact) mass is 368 g/mol. The third kappa shape index (κ3) is 3.54. The van der Waals surface area contributed by atoms with Gasteiger partial charge in [0, 0.05) is 25.3 Å². The Kier molecular flexibility index (Phi) is 4.94. The highest BCUT2D eigenvalue weighted by Gasteiger charge is 2.34. The second-order valence-electron chi connectivity index (χ2n) is 5.90. The van der Waals surface area contributed by atoms with Gasteiger partial charge in [-0.1, -0.05) is 0 Å². The van der Waals surface area contributed by atoms with Crippen molar-refractivity contribution < 1.29 is 27.9 Å². The van der Waals surface area contributed by atoms with Gasteiger partial charge in [0.05, 0.1) is 38.1 Å². The zero-order chi connectivity index (χ0) is 18.8. The van der Waals surface area contributed by atoms with E-state index in [1.165, 1.54) is 25.1 Å². The molecule has 3 rings (SSSR count). The van der Waals surface area contributed by atoms with Gasteiger partial charge in [0.2, 0.25) is 5.91 Å². The Balaban J connectivity index is 1.74. The number of cyclic esters (lactones) is 1. The normalized spacial score (nSPS) is 19.0. The number of anilines is 2. The summed E-state index contributed by atoms with van der Waals surface area (Å²) >= 11 is 0. The first kappa shape index (κ1) is 17.9. The molecule has 1 atom stereocenters. The molecule has 1 fully saturated rings. The number of amides is 2. The number of hydrogen-bond donors (Lipinski definition) is 2. The van der Waals surface area contributed by atoms with Crippen molar-refractivity contribution in [2.45, 2.75) is 13.0 Å². The Labute approximate surface area is 148 Å². The molecule has 2 heterocycles. The predicted molar refractivity (Wildman–Crippen MR) is 88.2 cm³/mol. The number of nitrogens with zero attached hydrogens (tertiary/aromatic N) is 2. The van der Waals surface area contributed by atoms with Crippen LogP contribution in [0, 0.1) is 11.6 Å². The van der Waals surface area contributed by atoms with E-state index >= 15 is 0 Å². The molecule has 140 valence electrons. The lowest BCUT2D eigenvalue weighted by atomic mass is 10.1. The number of rotatable bonds is 6. The highest BCUT2D eigenvalue weighted by atomic mass is 19.1. The molecule has 0 radical (unpaired) electrons. The first-order valence-corrected chi connectivity index (χ1v) is 7.87. The van der Waals surface area contributed by atoms with E-state index in [1.807, 2.05) is 0 Å². The summed E-state index contributed by atoms with van der Waals surface area (Å²) in [5, 5.41) is 2.54. The quantitative estimate of drug-likeness (QED) is 0.735. The minimum Gasteiger partial charge on any atom is -0.442 e. The standard InChI is InChI=1S/C16H18F2N4O4/c1-9(23)19-5-12-8-22(16(24)26-12)11-3-13(17)15(14(18)4-11)21-6-10(7-21)20-25-2/h3-4,6,12,20H,5,7-8H2,1-2H3,(H,19,23)/t12-/m0/s1. The number of hydroxylamine groups is 1. The molecule has 8 nitrogen and oxygen atoms in total. The van der Waals surface area contributed by atoms with Crippen LogP contribution in [0.3, 0.4) is 0 Å². The third-order valence-corrected chi connectivity index (χ3v) is 3.94. The van der Waals surface area contributed by atoms with Crippen LogP contribution in [0.2, 0.25) is 0 Å². The third-order valence-electron chi connectivity index (χ3n) is 3.94. The van der Waals surface area contributed by atoms with Crippen LogP contribution in [-0.4, -0.2) is 44.8 Å². The van der Waals surface area contributed by atoms with Gasteiger partial charge in [-0.25, -0.2) is 13.6 Å². The van der Waals surface area contributed by atoms with Gasteiger partial charge >= 0.3 is 6.09 Å². The summed E-state index contributed by atoms with van der Waals surface area (Å²) < 4.78 is 34.0. The zero-order valence-corrected chi connectivity index (χ0v) is 14.2. The summed E-state index contributed by atoms with van der Waals surface area (Å²) in [5.74, 6) is -1.86. The van der Waals surface area contributed by atoms with Gasteiger partial charge in [0.25, 0.3) is 0 Å². The molecule has 1 saturated heterocycles. The van der Waals surface area contributed by atoms with Crippen LogP contribution in [0.5, 0.6) is 0 Å². The highest BCUT2D eigenvalue weighted by Crippen LogP contribution is 2.33. The van der Waals surface area contributed by atoms with Gasteiger partial charge in [-0.05, 0) is 0 Å². The van der Waals surface area contributed by atoms with Crippen molar-refractivity contribution in [1.29, 1.82) is 0 Å². The van der Waals surface area contributed by atoms with Crippen molar-refractivity contribution in [3.8, 4) is 0 Å². The van der Waals surface area contributed by atoms with Crippen LogP contribution in [0.4, 0.5) is 25.0 Å². The Morgan fingerprint density at radius 2 is 2.04 bits per heavy atom. The van der Waals surface area contributed by atoms with Gasteiger partial charge in [-0.15, -0.1) is 0 Å². The van der Waals surface area contributed by atoms with Gasteiger partial charge in [-0.2, -0.15) is 0 Å². The topological polar surface area (TPSA) is 83.1 Å². The average Bonchev–Trinajstić information content (AvgIpc) is 2.90. The van der Waals surface area contributed by atoms with E-state index in [4.69, 9.17) is 9.57 Å². The minimum absolute atomic E-state index is 0.0545. The van der Waals surface area contributed by atoms with E-state index in [0.29, 0.717) is 5.70 Å². The lowest BCUT2D eigenvalue weighted by Gasteiger charge is -2.32. The number of carbonyl (C=O) groups excluding carboxylic acids is 2. The van der Waals surface area contributed by atoms with Gasteiger partial charge in [-0.3, -0.25) is 20.0 Å². The molecule has 0 bridgehead atoms. The fourth-order valence-corrected chi connectivity index (χ4v) is 2.76. The first-order chi connectivity index (χ1) is 12.4. The smallest absolute Gasteiger partial charge is 0.414 e. The lowest BCUT2D eigenvalue weighted by Crippen LogP contribution is -2.37. The van der Waals surface area contributed by atoms with Crippen molar-refractivity contribution in [2.75, 3.05) is 36.5 Å². The fourth-order valence-electron chi connectivity index (χ4n) is 2.76. The second kappa shape index (κ2) is 7.16. The fraction of sp³-hybridized carbons (Fsp3) is 0.375. The molecule has 26 heavy (non-hydrogen) atoms. The molecule has 1 aromatic rings. The molecule has 2 aliphatic heterocycles. The Bertz CT molecular complexity index is 748. The predicted octanol–water partition coefficient (Wildman–Crippen LogP) is 1.24. The number of ether oxygens (including phenoxy) is 1. The number of hydrogen-bond acceptors (Lipinski definition) is 6. The summed E-state index contributed by atoms with van der Waals surface area (Å²) in [6.07, 6.45) is 0.207. The summed E-state index contributed by atoms with van der Waals surface area (Å²) in [7, 11) is 1.44. The van der Waals surface area contributed by atoms with Crippen LogP contribution in [0.25, 0.3) is 0 Å². The summed E-state index contributed by atoms with van der Waals surface area (Å²) in [4.78, 5) is 30.1. The molecule has 2 N–H and O–H groups in total. The lowest BCUT2D eigenvalue weighted by molar-refractivity contribution is -0.119. The highest BCUT2D eigenvalue weighted by molar-refractivity contribution is 5.90. The van der Waals surface area contributed by atoms with Crippen molar-refractivity contribution in [1.82, 2.24) is 10.8 Å². The van der Waals surface area contributed by atoms with Crippen LogP contribution in [0.15, 0.2) is 24.0 Å². The van der Waals surface area contributed by atoms with Crippen molar-refractivity contribution in [3.05, 3.63) is 35.7 Å². The maximum atomic E-state index is 14.4. The van der Waals surface area contributed by atoms with Crippen LogP contribution < -0.4 is 20.6 Å². The average molecular weight is 368 g/mol. The SMILES string of the molecule is CONC1=CN(c2c(F)cc(N3C[C@H](CNC(C)=O)OC3=O)cc2F)C1. The van der Waals surface area contributed by atoms with Crippen LogP contribution in [-0.2, 0) is 14.4 Å². The summed E-state index contributed by atoms with van der Waals surface area (Å²) in [5.41, 5.74) is 3.11. The van der Waals surface area contributed by atoms with Gasteiger partial charge < -0.3 is 15.0 Å². The molecular formula is C16H18F2N4O4. The first-order valence-electron chi connectivity index (χ1n) is 7.87. The second-order valence-corrected chi connectivity index (χ2v) is 5.90. The van der Waals surface area contributed by atoms with Gasteiger partial charge in [0.1, 0.15) is 11.8 Å². The molecule has 2 amide bonds. The Hall–Kier alpha value is -2.88. The molecule has 10 heteroatoms. The molecule has 0 spiro atoms. The maximum Gasteiger partial charge on any atom is 0.414 e. The molecule has 2 aliphatic rings. The zero-order valence-electron chi connectivity index (χ0n) is 14.2. The molecule has 0 aliphatic carbocycles. The van der Waals surface area contributed by atoms with E-state index in [9.17, 15) is 18.4 Å². The van der Waals surface area contributed by atoms with Crippen molar-refractivity contribution in [3.63, 3.8) is 0 Å². The van der Waals surface area contributed by atoms with E-state index in [-0.39, 0.29) is 36.9 Å². The van der Waals surface area contributed by atoms with E-state index in [2.05, 4.69) is 10.8 Å². The van der Waals surface area contributed by atoms with Crippen molar-refractivity contribution >= 4 is 23.4 Å². The Morgan fingerprint density at radius 3 is 2.62 bits per heavy atom. The molecule has 0 aromatic heterocycles. The molecule has 1 aromatic carbocycles. The molecular weight excluding hydrogens is 350 g/mol. The molecule has 0 saturated carbocycles. The summed E-state index contributed by atoms with van der Waals surface area (Å²) in [6, 6.07) is 2.16. The van der Waals surface area contributed by atoms with Gasteiger partial charge in [0.15, 0.2) is 11.6 Å². The number of carbonyl (C=O) groups is 2. The Morgan fingerprint density at radius 1 is 1.38 bits per heavy atom. The molecule has 0 unspecified atom stereocenters. The summed E-state index contributed by atoms with van der Waals surface area (Å²) in [6.45, 7) is 1.83. The van der Waals surface area contributed by atoms with Crippen LogP contribution >= 0.6 is 0 Å².